The fraction of sp³-hybridized carbons (Fsp3) is 0.933. The van der Waals surface area contributed by atoms with Crippen LogP contribution in [0.1, 0.15) is 45.4 Å². The molecule has 0 aromatic heterocycles. The van der Waals surface area contributed by atoms with Crippen molar-refractivity contribution in [3.8, 4) is 0 Å². The van der Waals surface area contributed by atoms with Crippen molar-refractivity contribution < 1.29 is 4.74 Å². The second-order valence-electron chi connectivity index (χ2n) is 5.70. The van der Waals surface area contributed by atoms with Gasteiger partial charge in [0.05, 0.1) is 0 Å². The zero-order chi connectivity index (χ0) is 13.9. The van der Waals surface area contributed by atoms with E-state index in [9.17, 15) is 0 Å². The fourth-order valence-electron chi connectivity index (χ4n) is 2.86. The highest BCUT2D eigenvalue weighted by Gasteiger charge is 2.18. The summed E-state index contributed by atoms with van der Waals surface area (Å²) in [6.07, 6.45) is 7.93. The molecule has 0 radical (unpaired) electrons. The molecule has 0 saturated heterocycles. The van der Waals surface area contributed by atoms with E-state index in [1.54, 1.807) is 7.11 Å². The van der Waals surface area contributed by atoms with Gasteiger partial charge in [0.1, 0.15) is 0 Å². The van der Waals surface area contributed by atoms with E-state index in [0.717, 1.165) is 43.9 Å². The van der Waals surface area contributed by atoms with Gasteiger partial charge in [-0.25, -0.2) is 0 Å². The summed E-state index contributed by atoms with van der Waals surface area (Å²) in [6.45, 7) is 5.12. The van der Waals surface area contributed by atoms with Gasteiger partial charge in [-0.3, -0.25) is 4.99 Å². The Morgan fingerprint density at radius 2 is 2.00 bits per heavy atom. The molecule has 0 amide bonds. The van der Waals surface area contributed by atoms with Gasteiger partial charge in [0.25, 0.3) is 0 Å². The van der Waals surface area contributed by atoms with Crippen molar-refractivity contribution >= 4 is 29.9 Å². The monoisotopic (exact) mass is 397 g/mol. The molecular weight excluding hydrogens is 365 g/mol. The maximum atomic E-state index is 5.03. The summed E-state index contributed by atoms with van der Waals surface area (Å²) in [7, 11) is 3.56. The number of aliphatic imine (C=N–C) groups is 1. The Balaban J connectivity index is 0.00000361. The molecule has 0 aliphatic heterocycles. The Morgan fingerprint density at radius 1 is 1.25 bits per heavy atom. The molecule has 0 aromatic rings. The van der Waals surface area contributed by atoms with Crippen LogP contribution in [0.3, 0.4) is 0 Å². The van der Waals surface area contributed by atoms with Gasteiger partial charge >= 0.3 is 0 Å². The van der Waals surface area contributed by atoms with Crippen LogP contribution in [-0.4, -0.2) is 39.8 Å². The van der Waals surface area contributed by atoms with E-state index >= 15 is 0 Å². The quantitative estimate of drug-likeness (QED) is 0.301. The third kappa shape index (κ3) is 9.00. The van der Waals surface area contributed by atoms with E-state index < -0.39 is 0 Å². The SMILES string of the molecule is CN=C(NCCCOC)NCCC1CCCC(C)C1.I. The van der Waals surface area contributed by atoms with E-state index in [1.807, 2.05) is 7.05 Å². The molecule has 2 unspecified atom stereocenters. The Bertz CT molecular complexity index is 262. The molecule has 1 aliphatic rings. The summed E-state index contributed by atoms with van der Waals surface area (Å²) in [4.78, 5) is 4.24. The third-order valence-corrected chi connectivity index (χ3v) is 3.93. The lowest BCUT2D eigenvalue weighted by Gasteiger charge is -2.26. The molecule has 1 aliphatic carbocycles. The van der Waals surface area contributed by atoms with Gasteiger partial charge in [-0.05, 0) is 31.1 Å². The van der Waals surface area contributed by atoms with Gasteiger partial charge in [-0.15, -0.1) is 24.0 Å². The van der Waals surface area contributed by atoms with Crippen LogP contribution in [0, 0.1) is 11.8 Å². The normalized spacial score (nSPS) is 23.1. The minimum Gasteiger partial charge on any atom is -0.385 e. The summed E-state index contributed by atoms with van der Waals surface area (Å²) in [5, 5.41) is 6.72. The molecule has 0 heterocycles. The molecule has 2 atom stereocenters. The van der Waals surface area contributed by atoms with Crippen molar-refractivity contribution in [1.82, 2.24) is 10.6 Å². The number of halogens is 1. The van der Waals surface area contributed by atoms with Crippen molar-refractivity contribution in [3.05, 3.63) is 0 Å². The third-order valence-electron chi connectivity index (χ3n) is 3.93. The van der Waals surface area contributed by atoms with Crippen LogP contribution in [0.4, 0.5) is 0 Å². The number of hydrogen-bond donors (Lipinski definition) is 2. The van der Waals surface area contributed by atoms with E-state index in [2.05, 4.69) is 22.5 Å². The number of rotatable bonds is 7. The van der Waals surface area contributed by atoms with Crippen molar-refractivity contribution in [2.24, 2.45) is 16.8 Å². The second-order valence-corrected chi connectivity index (χ2v) is 5.70. The standard InChI is InChI=1S/C15H31N3O.HI/c1-13-6-4-7-14(12-13)8-10-18-15(16-2)17-9-5-11-19-3;/h13-14H,4-12H2,1-3H3,(H2,16,17,18);1H. The van der Waals surface area contributed by atoms with E-state index in [4.69, 9.17) is 4.74 Å². The first-order valence-corrected chi connectivity index (χ1v) is 7.69. The largest absolute Gasteiger partial charge is 0.385 e. The molecule has 2 N–H and O–H groups in total. The zero-order valence-corrected chi connectivity index (χ0v) is 15.6. The van der Waals surface area contributed by atoms with Gasteiger partial charge < -0.3 is 15.4 Å². The lowest BCUT2D eigenvalue weighted by Crippen LogP contribution is -2.39. The average molecular weight is 397 g/mol. The zero-order valence-electron chi connectivity index (χ0n) is 13.3. The van der Waals surface area contributed by atoms with Crippen molar-refractivity contribution in [2.75, 3.05) is 33.9 Å². The Labute approximate surface area is 141 Å². The molecule has 4 nitrogen and oxygen atoms in total. The molecule has 1 fully saturated rings. The van der Waals surface area contributed by atoms with Crippen LogP contribution in [0.2, 0.25) is 0 Å². The van der Waals surface area contributed by atoms with Gasteiger partial charge in [-0.1, -0.05) is 26.2 Å². The summed E-state index contributed by atoms with van der Waals surface area (Å²) in [5.41, 5.74) is 0. The first kappa shape index (κ1) is 20.0. The topological polar surface area (TPSA) is 45.7 Å². The molecule has 1 saturated carbocycles. The van der Waals surface area contributed by atoms with Gasteiger partial charge in [-0.2, -0.15) is 0 Å². The Kier molecular flexibility index (Phi) is 12.7. The van der Waals surface area contributed by atoms with Crippen LogP contribution in [0.25, 0.3) is 0 Å². The van der Waals surface area contributed by atoms with Crippen molar-refractivity contribution in [3.63, 3.8) is 0 Å². The average Bonchev–Trinajstić information content (AvgIpc) is 2.41. The van der Waals surface area contributed by atoms with Crippen LogP contribution in [-0.2, 0) is 4.74 Å². The number of nitrogens with one attached hydrogen (secondary N) is 2. The van der Waals surface area contributed by atoms with E-state index in [1.165, 1.54) is 32.1 Å². The summed E-state index contributed by atoms with van der Waals surface area (Å²) < 4.78 is 5.03. The highest BCUT2D eigenvalue weighted by Crippen LogP contribution is 2.30. The van der Waals surface area contributed by atoms with Gasteiger partial charge in [0.15, 0.2) is 5.96 Å². The first-order valence-electron chi connectivity index (χ1n) is 7.69. The molecule has 0 bridgehead atoms. The number of ether oxygens (including phenoxy) is 1. The molecular formula is C15H32IN3O. The van der Waals surface area contributed by atoms with Gasteiger partial charge in [0.2, 0.25) is 0 Å². The minimum atomic E-state index is 0. The molecule has 0 aromatic carbocycles. The maximum Gasteiger partial charge on any atom is 0.190 e. The van der Waals surface area contributed by atoms with Crippen LogP contribution in [0.15, 0.2) is 4.99 Å². The smallest absolute Gasteiger partial charge is 0.190 e. The van der Waals surface area contributed by atoms with Crippen LogP contribution < -0.4 is 10.6 Å². The lowest BCUT2D eigenvalue weighted by molar-refractivity contribution is 0.195. The number of guanidine groups is 1. The number of methoxy groups -OCH3 is 1. The van der Waals surface area contributed by atoms with Crippen LogP contribution in [0.5, 0.6) is 0 Å². The Morgan fingerprint density at radius 3 is 2.65 bits per heavy atom. The van der Waals surface area contributed by atoms with Crippen LogP contribution >= 0.6 is 24.0 Å². The van der Waals surface area contributed by atoms with E-state index in [-0.39, 0.29) is 24.0 Å². The fourth-order valence-corrected chi connectivity index (χ4v) is 2.86. The molecule has 120 valence electrons. The summed E-state index contributed by atoms with van der Waals surface area (Å²) in [5.74, 6) is 2.74. The summed E-state index contributed by atoms with van der Waals surface area (Å²) >= 11 is 0. The maximum absolute atomic E-state index is 5.03. The molecule has 20 heavy (non-hydrogen) atoms. The molecule has 0 spiro atoms. The molecule has 5 heteroatoms. The summed E-state index contributed by atoms with van der Waals surface area (Å²) in [6, 6.07) is 0. The van der Waals surface area contributed by atoms with Crippen molar-refractivity contribution in [2.45, 2.75) is 45.4 Å². The Hall–Kier alpha value is -0.0400. The number of nitrogens with zero attached hydrogens (tertiary/aromatic N) is 1. The predicted molar refractivity (Wildman–Crippen MR) is 97.0 cm³/mol. The second kappa shape index (κ2) is 12.7. The van der Waals surface area contributed by atoms with Gasteiger partial charge in [0, 0.05) is 33.9 Å². The number of hydrogen-bond acceptors (Lipinski definition) is 2. The lowest BCUT2D eigenvalue weighted by atomic mass is 9.81. The molecule has 1 rings (SSSR count). The highest BCUT2D eigenvalue weighted by molar-refractivity contribution is 14.0. The van der Waals surface area contributed by atoms with E-state index in [0.29, 0.717) is 0 Å². The first-order chi connectivity index (χ1) is 9.26. The predicted octanol–water partition coefficient (Wildman–Crippen LogP) is 3.02. The minimum absolute atomic E-state index is 0. The highest BCUT2D eigenvalue weighted by atomic mass is 127. The van der Waals surface area contributed by atoms with Crippen molar-refractivity contribution in [1.29, 1.82) is 0 Å².